The summed E-state index contributed by atoms with van der Waals surface area (Å²) in [5.41, 5.74) is 6.39. The third kappa shape index (κ3) is 2.24. The van der Waals surface area contributed by atoms with Gasteiger partial charge in [0.15, 0.2) is 0 Å². The molecule has 0 saturated carbocycles. The minimum absolute atomic E-state index is 0.0290. The Labute approximate surface area is 98.8 Å². The number of nitrogens with zero attached hydrogens (tertiary/aromatic N) is 1. The van der Waals surface area contributed by atoms with Gasteiger partial charge < -0.3 is 15.7 Å². The number of carbonyl (C=O) groups excluding carboxylic acids is 1. The van der Waals surface area contributed by atoms with Crippen LogP contribution in [0.5, 0.6) is 0 Å². The predicted molar refractivity (Wildman–Crippen MR) is 62.1 cm³/mol. The zero-order valence-corrected chi connectivity index (χ0v) is 9.61. The third-order valence-corrected chi connectivity index (χ3v) is 3.02. The number of anilines is 1. The van der Waals surface area contributed by atoms with Gasteiger partial charge in [-0.3, -0.25) is 4.79 Å². The number of hydrogen-bond donors (Lipinski definition) is 2. The lowest BCUT2D eigenvalue weighted by atomic mass is 10.1. The first-order chi connectivity index (χ1) is 7.99. The highest BCUT2D eigenvalue weighted by atomic mass is 19.1. The Balaban J connectivity index is 2.28. The Morgan fingerprint density at radius 3 is 2.88 bits per heavy atom. The summed E-state index contributed by atoms with van der Waals surface area (Å²) in [5, 5.41) is 9.38. The summed E-state index contributed by atoms with van der Waals surface area (Å²) >= 11 is 0. The molecule has 0 spiro atoms. The topological polar surface area (TPSA) is 66.6 Å². The summed E-state index contributed by atoms with van der Waals surface area (Å²) < 4.78 is 13.2. The molecule has 1 heterocycles. The SMILES string of the molecule is Cc1cc(F)c(N)cc1C(=O)N1CC[C@H](O)C1. The van der Waals surface area contributed by atoms with Crippen LogP contribution in [0.3, 0.4) is 0 Å². The minimum Gasteiger partial charge on any atom is -0.396 e. The van der Waals surface area contributed by atoms with Crippen molar-refractivity contribution >= 4 is 11.6 Å². The summed E-state index contributed by atoms with van der Waals surface area (Å²) in [6.45, 7) is 2.52. The van der Waals surface area contributed by atoms with Crippen molar-refractivity contribution in [2.75, 3.05) is 18.8 Å². The molecule has 1 aliphatic heterocycles. The second-order valence-electron chi connectivity index (χ2n) is 4.38. The maximum atomic E-state index is 13.2. The molecule has 1 aromatic rings. The van der Waals surface area contributed by atoms with Crippen LogP contribution < -0.4 is 5.73 Å². The van der Waals surface area contributed by atoms with E-state index in [-0.39, 0.29) is 11.6 Å². The average molecular weight is 238 g/mol. The van der Waals surface area contributed by atoms with Crippen LogP contribution >= 0.6 is 0 Å². The van der Waals surface area contributed by atoms with Crippen LogP contribution in [0.4, 0.5) is 10.1 Å². The standard InChI is InChI=1S/C12H15FN2O2/c1-7-4-10(13)11(14)5-9(7)12(17)15-3-2-8(16)6-15/h4-5,8,16H,2-3,6,14H2,1H3/t8-/m0/s1. The quantitative estimate of drug-likeness (QED) is 0.715. The lowest BCUT2D eigenvalue weighted by molar-refractivity contribution is 0.0764. The Morgan fingerprint density at radius 2 is 2.29 bits per heavy atom. The van der Waals surface area contributed by atoms with Crippen molar-refractivity contribution in [3.05, 3.63) is 29.1 Å². The molecule has 2 rings (SSSR count). The van der Waals surface area contributed by atoms with Gasteiger partial charge >= 0.3 is 0 Å². The molecule has 1 aromatic carbocycles. The van der Waals surface area contributed by atoms with Crippen LogP contribution in [0.2, 0.25) is 0 Å². The van der Waals surface area contributed by atoms with E-state index < -0.39 is 11.9 Å². The molecule has 0 unspecified atom stereocenters. The number of carbonyl (C=O) groups is 1. The van der Waals surface area contributed by atoms with E-state index in [0.29, 0.717) is 30.6 Å². The molecule has 4 nitrogen and oxygen atoms in total. The third-order valence-electron chi connectivity index (χ3n) is 3.02. The fourth-order valence-corrected chi connectivity index (χ4v) is 2.02. The maximum absolute atomic E-state index is 13.2. The van der Waals surface area contributed by atoms with E-state index in [1.165, 1.54) is 12.1 Å². The van der Waals surface area contributed by atoms with Crippen molar-refractivity contribution in [3.8, 4) is 0 Å². The van der Waals surface area contributed by atoms with Gasteiger partial charge in [-0.2, -0.15) is 0 Å². The molecule has 1 fully saturated rings. The fraction of sp³-hybridized carbons (Fsp3) is 0.417. The van der Waals surface area contributed by atoms with Crippen molar-refractivity contribution in [1.82, 2.24) is 4.90 Å². The van der Waals surface area contributed by atoms with Crippen LogP contribution in [-0.2, 0) is 0 Å². The molecule has 1 amide bonds. The van der Waals surface area contributed by atoms with E-state index in [2.05, 4.69) is 0 Å². The lowest BCUT2D eigenvalue weighted by Crippen LogP contribution is -2.30. The van der Waals surface area contributed by atoms with Gasteiger partial charge in [0.1, 0.15) is 5.82 Å². The summed E-state index contributed by atoms with van der Waals surface area (Å²) in [7, 11) is 0. The molecular weight excluding hydrogens is 223 g/mol. The minimum atomic E-state index is -0.513. The zero-order chi connectivity index (χ0) is 12.6. The number of likely N-dealkylation sites (tertiary alicyclic amines) is 1. The normalized spacial score (nSPS) is 19.7. The van der Waals surface area contributed by atoms with E-state index in [4.69, 9.17) is 5.73 Å². The van der Waals surface area contributed by atoms with Gasteiger partial charge in [-0.1, -0.05) is 0 Å². The first kappa shape index (κ1) is 11.9. The Bertz CT molecular complexity index is 462. The monoisotopic (exact) mass is 238 g/mol. The van der Waals surface area contributed by atoms with Gasteiger partial charge in [0.25, 0.3) is 5.91 Å². The Kier molecular flexibility index (Phi) is 3.02. The largest absolute Gasteiger partial charge is 0.396 e. The number of aliphatic hydroxyl groups is 1. The number of amides is 1. The molecule has 0 aliphatic carbocycles. The number of benzene rings is 1. The van der Waals surface area contributed by atoms with Crippen LogP contribution in [0, 0.1) is 12.7 Å². The number of halogens is 1. The van der Waals surface area contributed by atoms with Crippen molar-refractivity contribution < 1.29 is 14.3 Å². The van der Waals surface area contributed by atoms with Gasteiger partial charge in [-0.15, -0.1) is 0 Å². The zero-order valence-electron chi connectivity index (χ0n) is 9.61. The average Bonchev–Trinajstić information content (AvgIpc) is 2.69. The Hall–Kier alpha value is -1.62. The Morgan fingerprint density at radius 1 is 1.59 bits per heavy atom. The van der Waals surface area contributed by atoms with Crippen molar-refractivity contribution in [1.29, 1.82) is 0 Å². The molecule has 17 heavy (non-hydrogen) atoms. The van der Waals surface area contributed by atoms with Crippen LogP contribution in [0.25, 0.3) is 0 Å². The van der Waals surface area contributed by atoms with Gasteiger partial charge in [0.2, 0.25) is 0 Å². The molecule has 1 atom stereocenters. The molecule has 92 valence electrons. The molecular formula is C12H15FN2O2. The molecule has 3 N–H and O–H groups in total. The molecule has 0 bridgehead atoms. The molecule has 0 radical (unpaired) electrons. The predicted octanol–water partition coefficient (Wildman–Crippen LogP) is 0.923. The maximum Gasteiger partial charge on any atom is 0.254 e. The second kappa shape index (κ2) is 4.33. The van der Waals surface area contributed by atoms with E-state index in [0.717, 1.165) is 0 Å². The van der Waals surface area contributed by atoms with Crippen molar-refractivity contribution in [2.45, 2.75) is 19.4 Å². The first-order valence-electron chi connectivity index (χ1n) is 5.52. The summed E-state index contributed by atoms with van der Waals surface area (Å²) in [5.74, 6) is -0.716. The molecule has 1 saturated heterocycles. The number of nitrogen functional groups attached to an aromatic ring is 1. The van der Waals surface area contributed by atoms with Crippen LogP contribution in [0.15, 0.2) is 12.1 Å². The summed E-state index contributed by atoms with van der Waals surface area (Å²) in [4.78, 5) is 13.7. The summed E-state index contributed by atoms with van der Waals surface area (Å²) in [6, 6.07) is 2.62. The van der Waals surface area contributed by atoms with Crippen molar-refractivity contribution in [3.63, 3.8) is 0 Å². The van der Waals surface area contributed by atoms with Crippen LogP contribution in [-0.4, -0.2) is 35.1 Å². The number of hydrogen-bond acceptors (Lipinski definition) is 3. The van der Waals surface area contributed by atoms with E-state index in [1.807, 2.05) is 0 Å². The van der Waals surface area contributed by atoms with Gasteiger partial charge in [0, 0.05) is 18.7 Å². The van der Waals surface area contributed by atoms with E-state index in [1.54, 1.807) is 11.8 Å². The highest BCUT2D eigenvalue weighted by Gasteiger charge is 2.26. The summed E-state index contributed by atoms with van der Waals surface area (Å²) in [6.07, 6.45) is 0.124. The number of β-amino-alcohol motifs (C(OH)–C–C–N with tert-alkyl or cyclic N) is 1. The van der Waals surface area contributed by atoms with E-state index in [9.17, 15) is 14.3 Å². The van der Waals surface area contributed by atoms with Gasteiger partial charge in [0.05, 0.1) is 11.8 Å². The fourth-order valence-electron chi connectivity index (χ4n) is 2.02. The highest BCUT2D eigenvalue weighted by Crippen LogP contribution is 2.20. The van der Waals surface area contributed by atoms with Crippen molar-refractivity contribution in [2.24, 2.45) is 0 Å². The lowest BCUT2D eigenvalue weighted by Gasteiger charge is -2.17. The smallest absolute Gasteiger partial charge is 0.254 e. The number of aryl methyl sites for hydroxylation is 1. The first-order valence-corrected chi connectivity index (χ1v) is 5.52. The van der Waals surface area contributed by atoms with E-state index >= 15 is 0 Å². The molecule has 1 aliphatic rings. The van der Waals surface area contributed by atoms with Crippen LogP contribution in [0.1, 0.15) is 22.3 Å². The molecule has 5 heteroatoms. The van der Waals surface area contributed by atoms with Gasteiger partial charge in [-0.25, -0.2) is 4.39 Å². The number of rotatable bonds is 1. The highest BCUT2D eigenvalue weighted by molar-refractivity contribution is 5.96. The number of nitrogens with two attached hydrogens (primary N) is 1. The number of aliphatic hydroxyl groups excluding tert-OH is 1. The molecule has 0 aromatic heterocycles. The van der Waals surface area contributed by atoms with Gasteiger partial charge in [-0.05, 0) is 31.0 Å². The second-order valence-corrected chi connectivity index (χ2v) is 4.38.